The number of rotatable bonds is 2. The second-order valence-corrected chi connectivity index (χ2v) is 6.21. The van der Waals surface area contributed by atoms with Gasteiger partial charge in [0.25, 0.3) is 5.89 Å². The molecule has 2 aromatic rings. The minimum Gasteiger partial charge on any atom is -0.507 e. The van der Waals surface area contributed by atoms with E-state index in [0.29, 0.717) is 17.4 Å². The van der Waals surface area contributed by atoms with Crippen molar-refractivity contribution in [1.29, 1.82) is 0 Å². The minimum atomic E-state index is 0.232. The lowest BCUT2D eigenvalue weighted by Crippen LogP contribution is -2.09. The number of aryl methyl sites for hydroxylation is 1. The van der Waals surface area contributed by atoms with Crippen molar-refractivity contribution in [3.63, 3.8) is 0 Å². The molecule has 0 radical (unpaired) electrons. The molecule has 1 aromatic carbocycles. The van der Waals surface area contributed by atoms with Crippen molar-refractivity contribution in [3.05, 3.63) is 29.6 Å². The number of aromatic nitrogens is 2. The Bertz CT molecular complexity index is 650. The molecule has 3 unspecified atom stereocenters. The summed E-state index contributed by atoms with van der Waals surface area (Å²) in [6.07, 6.45) is 5.19. The lowest BCUT2D eigenvalue weighted by atomic mass is 9.88. The zero-order valence-corrected chi connectivity index (χ0v) is 11.5. The predicted molar refractivity (Wildman–Crippen MR) is 74.3 cm³/mol. The van der Waals surface area contributed by atoms with E-state index in [9.17, 15) is 5.11 Å². The fraction of sp³-hybridized carbons (Fsp3) is 0.500. The third-order valence-electron chi connectivity index (χ3n) is 4.98. The number of phenolic OH excluding ortho intramolecular Hbond substituents is 1. The molecule has 2 aliphatic carbocycles. The van der Waals surface area contributed by atoms with Gasteiger partial charge in [0.2, 0.25) is 0 Å². The highest BCUT2D eigenvalue weighted by atomic mass is 16.5. The molecule has 3 atom stereocenters. The van der Waals surface area contributed by atoms with Crippen LogP contribution in [0.5, 0.6) is 5.75 Å². The van der Waals surface area contributed by atoms with Gasteiger partial charge in [0.1, 0.15) is 5.75 Å². The van der Waals surface area contributed by atoms with E-state index in [1.54, 1.807) is 0 Å². The van der Waals surface area contributed by atoms with Gasteiger partial charge in [0.05, 0.1) is 5.56 Å². The standard InChI is InChI=1S/C16H18N2O2/c1-9-3-2-4-12(14(9)19)16-17-15(18-20-16)13-8-10-5-6-11(13)7-10/h2-4,10-11,13,19H,5-8H2,1H3. The Morgan fingerprint density at radius 1 is 1.25 bits per heavy atom. The van der Waals surface area contributed by atoms with Crippen molar-refractivity contribution in [2.45, 2.75) is 38.5 Å². The van der Waals surface area contributed by atoms with Gasteiger partial charge in [-0.3, -0.25) is 0 Å². The van der Waals surface area contributed by atoms with Crippen LogP contribution in [0.15, 0.2) is 22.7 Å². The topological polar surface area (TPSA) is 59.2 Å². The van der Waals surface area contributed by atoms with Crippen LogP contribution >= 0.6 is 0 Å². The van der Waals surface area contributed by atoms with E-state index in [1.165, 1.54) is 25.7 Å². The quantitative estimate of drug-likeness (QED) is 0.904. The van der Waals surface area contributed by atoms with Crippen LogP contribution in [0.4, 0.5) is 0 Å². The van der Waals surface area contributed by atoms with Crippen LogP contribution in [-0.2, 0) is 0 Å². The Morgan fingerprint density at radius 3 is 2.90 bits per heavy atom. The number of phenols is 1. The molecule has 0 saturated heterocycles. The van der Waals surface area contributed by atoms with Crippen LogP contribution in [-0.4, -0.2) is 15.2 Å². The van der Waals surface area contributed by atoms with Gasteiger partial charge >= 0.3 is 0 Å². The SMILES string of the molecule is Cc1cccc(-c2nc(C3CC4CCC3C4)no2)c1O. The van der Waals surface area contributed by atoms with Gasteiger partial charge in [-0.2, -0.15) is 4.98 Å². The van der Waals surface area contributed by atoms with Crippen LogP contribution in [0, 0.1) is 18.8 Å². The number of hydrogen-bond acceptors (Lipinski definition) is 4. The van der Waals surface area contributed by atoms with Crippen molar-refractivity contribution in [2.24, 2.45) is 11.8 Å². The molecule has 104 valence electrons. The molecule has 2 saturated carbocycles. The molecule has 4 heteroatoms. The van der Waals surface area contributed by atoms with E-state index in [1.807, 2.05) is 25.1 Å². The van der Waals surface area contributed by atoms with E-state index in [-0.39, 0.29) is 5.75 Å². The Hall–Kier alpha value is -1.84. The van der Waals surface area contributed by atoms with Gasteiger partial charge in [0.15, 0.2) is 5.82 Å². The molecule has 1 aromatic heterocycles. The number of benzene rings is 1. The highest BCUT2D eigenvalue weighted by Gasteiger charge is 2.42. The number of aromatic hydroxyl groups is 1. The maximum absolute atomic E-state index is 10.1. The maximum Gasteiger partial charge on any atom is 0.261 e. The van der Waals surface area contributed by atoms with Gasteiger partial charge in [-0.15, -0.1) is 0 Å². The summed E-state index contributed by atoms with van der Waals surface area (Å²) in [5.41, 5.74) is 1.45. The fourth-order valence-electron chi connectivity index (χ4n) is 3.89. The first-order valence-corrected chi connectivity index (χ1v) is 7.35. The molecule has 2 fully saturated rings. The molecule has 0 spiro atoms. The summed E-state index contributed by atoms with van der Waals surface area (Å²) in [6.45, 7) is 1.87. The second-order valence-electron chi connectivity index (χ2n) is 6.21. The average Bonchev–Trinajstić information content (AvgIpc) is 3.16. The zero-order valence-electron chi connectivity index (χ0n) is 11.5. The van der Waals surface area contributed by atoms with E-state index >= 15 is 0 Å². The van der Waals surface area contributed by atoms with Crippen molar-refractivity contribution in [2.75, 3.05) is 0 Å². The summed E-state index contributed by atoms with van der Waals surface area (Å²) in [4.78, 5) is 4.55. The lowest BCUT2D eigenvalue weighted by molar-refractivity contribution is 0.371. The van der Waals surface area contributed by atoms with Crippen molar-refractivity contribution < 1.29 is 9.63 Å². The summed E-state index contributed by atoms with van der Waals surface area (Å²) in [6, 6.07) is 5.58. The Morgan fingerprint density at radius 2 is 2.15 bits per heavy atom. The van der Waals surface area contributed by atoms with Crippen molar-refractivity contribution in [3.8, 4) is 17.2 Å². The molecule has 1 N–H and O–H groups in total. The highest BCUT2D eigenvalue weighted by Crippen LogP contribution is 2.52. The van der Waals surface area contributed by atoms with E-state index in [0.717, 1.165) is 23.2 Å². The maximum atomic E-state index is 10.1. The molecule has 4 nitrogen and oxygen atoms in total. The summed E-state index contributed by atoms with van der Waals surface area (Å²) in [5, 5.41) is 14.3. The van der Waals surface area contributed by atoms with Crippen molar-refractivity contribution >= 4 is 0 Å². The molecule has 2 aliphatic rings. The highest BCUT2D eigenvalue weighted by molar-refractivity contribution is 5.64. The smallest absolute Gasteiger partial charge is 0.261 e. The van der Waals surface area contributed by atoms with E-state index in [4.69, 9.17) is 4.52 Å². The number of para-hydroxylation sites is 1. The minimum absolute atomic E-state index is 0.232. The van der Waals surface area contributed by atoms with Crippen LogP contribution in [0.3, 0.4) is 0 Å². The van der Waals surface area contributed by atoms with Crippen molar-refractivity contribution in [1.82, 2.24) is 10.1 Å². The molecule has 20 heavy (non-hydrogen) atoms. The third kappa shape index (κ3) is 1.74. The molecule has 2 bridgehead atoms. The first-order chi connectivity index (χ1) is 9.72. The largest absolute Gasteiger partial charge is 0.507 e. The summed E-state index contributed by atoms with van der Waals surface area (Å²) in [5.74, 6) is 3.54. The van der Waals surface area contributed by atoms with E-state index in [2.05, 4.69) is 10.1 Å². The molecule has 4 rings (SSSR count). The number of hydrogen-bond donors (Lipinski definition) is 1. The molecular formula is C16H18N2O2. The molecule has 0 aliphatic heterocycles. The molecule has 1 heterocycles. The first-order valence-electron chi connectivity index (χ1n) is 7.35. The average molecular weight is 270 g/mol. The summed E-state index contributed by atoms with van der Waals surface area (Å²) >= 11 is 0. The van der Waals surface area contributed by atoms with Gasteiger partial charge in [0, 0.05) is 5.92 Å². The van der Waals surface area contributed by atoms with Crippen LogP contribution < -0.4 is 0 Å². The Labute approximate surface area is 117 Å². The summed E-state index contributed by atoms with van der Waals surface area (Å²) < 4.78 is 5.39. The second kappa shape index (κ2) is 4.33. The number of fused-ring (bicyclic) bond motifs is 2. The Kier molecular flexibility index (Phi) is 2.59. The lowest BCUT2D eigenvalue weighted by Gasteiger charge is -2.17. The molecular weight excluding hydrogens is 252 g/mol. The normalized spacial score (nSPS) is 28.1. The Balaban J connectivity index is 1.67. The molecule has 0 amide bonds. The van der Waals surface area contributed by atoms with Crippen LogP contribution in [0.2, 0.25) is 0 Å². The van der Waals surface area contributed by atoms with E-state index < -0.39 is 0 Å². The van der Waals surface area contributed by atoms with Gasteiger partial charge < -0.3 is 9.63 Å². The third-order valence-corrected chi connectivity index (χ3v) is 4.98. The van der Waals surface area contributed by atoms with Gasteiger partial charge in [-0.1, -0.05) is 23.7 Å². The fourth-order valence-corrected chi connectivity index (χ4v) is 3.89. The summed E-state index contributed by atoms with van der Waals surface area (Å²) in [7, 11) is 0. The predicted octanol–water partition coefficient (Wildman–Crippen LogP) is 3.65. The van der Waals surface area contributed by atoms with Crippen LogP contribution in [0.25, 0.3) is 11.5 Å². The monoisotopic (exact) mass is 270 g/mol. The zero-order chi connectivity index (χ0) is 13.7. The number of nitrogens with zero attached hydrogens (tertiary/aromatic N) is 2. The van der Waals surface area contributed by atoms with Gasteiger partial charge in [-0.25, -0.2) is 0 Å². The first kappa shape index (κ1) is 11.9. The van der Waals surface area contributed by atoms with Crippen LogP contribution in [0.1, 0.15) is 43.0 Å². The van der Waals surface area contributed by atoms with Gasteiger partial charge in [-0.05, 0) is 49.7 Å².